The predicted molar refractivity (Wildman–Crippen MR) is 54.9 cm³/mol. The summed E-state index contributed by atoms with van der Waals surface area (Å²) in [5.74, 6) is 0. The summed E-state index contributed by atoms with van der Waals surface area (Å²) < 4.78 is 5.04. The molecule has 1 unspecified atom stereocenters. The SMILES string of the molecule is CCN(CCCO)C(C)CCOC. The molecule has 0 saturated heterocycles. The van der Waals surface area contributed by atoms with Gasteiger partial charge in [-0.2, -0.15) is 0 Å². The molecule has 0 aromatic carbocycles. The quantitative estimate of drug-likeness (QED) is 0.621. The van der Waals surface area contributed by atoms with Gasteiger partial charge in [0.15, 0.2) is 0 Å². The van der Waals surface area contributed by atoms with Gasteiger partial charge in [-0.1, -0.05) is 6.92 Å². The van der Waals surface area contributed by atoms with E-state index in [9.17, 15) is 0 Å². The van der Waals surface area contributed by atoms with Crippen LogP contribution in [0.2, 0.25) is 0 Å². The highest BCUT2D eigenvalue weighted by atomic mass is 16.5. The van der Waals surface area contributed by atoms with Crippen LogP contribution in [-0.4, -0.2) is 49.5 Å². The highest BCUT2D eigenvalue weighted by Gasteiger charge is 2.10. The predicted octanol–water partition coefficient (Wildman–Crippen LogP) is 1.12. The summed E-state index contributed by atoms with van der Waals surface area (Å²) in [5.41, 5.74) is 0. The van der Waals surface area contributed by atoms with Crippen molar-refractivity contribution in [3.63, 3.8) is 0 Å². The van der Waals surface area contributed by atoms with Gasteiger partial charge in [0.05, 0.1) is 0 Å². The lowest BCUT2D eigenvalue weighted by Crippen LogP contribution is -2.34. The molecule has 1 atom stereocenters. The van der Waals surface area contributed by atoms with Crippen molar-refractivity contribution in [3.05, 3.63) is 0 Å². The van der Waals surface area contributed by atoms with E-state index in [0.29, 0.717) is 6.04 Å². The monoisotopic (exact) mass is 189 g/mol. The Morgan fingerprint density at radius 2 is 2.15 bits per heavy atom. The lowest BCUT2D eigenvalue weighted by atomic mass is 10.2. The number of nitrogens with zero attached hydrogens (tertiary/aromatic N) is 1. The van der Waals surface area contributed by atoms with Crippen LogP contribution in [0.5, 0.6) is 0 Å². The van der Waals surface area contributed by atoms with E-state index in [0.717, 1.165) is 32.5 Å². The van der Waals surface area contributed by atoms with Crippen LogP contribution in [0.15, 0.2) is 0 Å². The number of methoxy groups -OCH3 is 1. The molecule has 0 aliphatic heterocycles. The van der Waals surface area contributed by atoms with Gasteiger partial charge in [0.1, 0.15) is 0 Å². The van der Waals surface area contributed by atoms with Crippen molar-refractivity contribution in [2.24, 2.45) is 0 Å². The Morgan fingerprint density at radius 3 is 2.62 bits per heavy atom. The molecular formula is C10H23NO2. The Bertz CT molecular complexity index is 109. The third-order valence-electron chi connectivity index (χ3n) is 2.37. The van der Waals surface area contributed by atoms with Gasteiger partial charge in [-0.15, -0.1) is 0 Å². The molecule has 0 aromatic rings. The van der Waals surface area contributed by atoms with Crippen LogP contribution >= 0.6 is 0 Å². The van der Waals surface area contributed by atoms with Crippen molar-refractivity contribution in [1.29, 1.82) is 0 Å². The molecule has 3 heteroatoms. The lowest BCUT2D eigenvalue weighted by molar-refractivity contribution is 0.134. The zero-order valence-corrected chi connectivity index (χ0v) is 9.12. The highest BCUT2D eigenvalue weighted by Crippen LogP contribution is 2.04. The molecule has 0 fully saturated rings. The molecule has 0 bridgehead atoms. The van der Waals surface area contributed by atoms with E-state index < -0.39 is 0 Å². The molecule has 80 valence electrons. The number of hydrogen-bond donors (Lipinski definition) is 1. The minimum atomic E-state index is 0.285. The number of hydrogen-bond acceptors (Lipinski definition) is 3. The van der Waals surface area contributed by atoms with Crippen LogP contribution in [-0.2, 0) is 4.74 Å². The Balaban J connectivity index is 3.63. The maximum absolute atomic E-state index is 8.72. The molecule has 0 saturated carbocycles. The highest BCUT2D eigenvalue weighted by molar-refractivity contribution is 4.65. The number of aliphatic hydroxyl groups is 1. The second-order valence-electron chi connectivity index (χ2n) is 3.34. The van der Waals surface area contributed by atoms with Crippen LogP contribution in [0.3, 0.4) is 0 Å². The fourth-order valence-electron chi connectivity index (χ4n) is 1.43. The van der Waals surface area contributed by atoms with Crippen LogP contribution in [0.1, 0.15) is 26.7 Å². The van der Waals surface area contributed by atoms with Crippen LogP contribution in [0, 0.1) is 0 Å². The lowest BCUT2D eigenvalue weighted by Gasteiger charge is -2.27. The van der Waals surface area contributed by atoms with Crippen LogP contribution in [0.25, 0.3) is 0 Å². The first-order valence-electron chi connectivity index (χ1n) is 5.10. The fraction of sp³-hybridized carbons (Fsp3) is 1.00. The van der Waals surface area contributed by atoms with E-state index in [1.165, 1.54) is 0 Å². The van der Waals surface area contributed by atoms with Gasteiger partial charge < -0.3 is 14.7 Å². The van der Waals surface area contributed by atoms with Crippen molar-refractivity contribution in [1.82, 2.24) is 4.90 Å². The molecule has 0 aliphatic carbocycles. The average molecular weight is 189 g/mol. The molecule has 0 amide bonds. The summed E-state index contributed by atoms with van der Waals surface area (Å²) in [5, 5.41) is 8.72. The van der Waals surface area contributed by atoms with Crippen LogP contribution in [0.4, 0.5) is 0 Å². The van der Waals surface area contributed by atoms with Crippen molar-refractivity contribution in [2.75, 3.05) is 33.4 Å². The van der Waals surface area contributed by atoms with E-state index >= 15 is 0 Å². The summed E-state index contributed by atoms with van der Waals surface area (Å²) in [6, 6.07) is 0.552. The summed E-state index contributed by atoms with van der Waals surface area (Å²) in [6.45, 7) is 7.49. The first-order valence-corrected chi connectivity index (χ1v) is 5.10. The number of rotatable bonds is 8. The minimum Gasteiger partial charge on any atom is -0.396 e. The van der Waals surface area contributed by atoms with E-state index in [1.807, 2.05) is 0 Å². The first-order chi connectivity index (χ1) is 6.26. The Hall–Kier alpha value is -0.120. The maximum Gasteiger partial charge on any atom is 0.0477 e. The third kappa shape index (κ3) is 6.02. The Kier molecular flexibility index (Phi) is 8.40. The van der Waals surface area contributed by atoms with Gasteiger partial charge in [0.25, 0.3) is 0 Å². The minimum absolute atomic E-state index is 0.285. The summed E-state index contributed by atoms with van der Waals surface area (Å²) in [6.07, 6.45) is 1.93. The van der Waals surface area contributed by atoms with Gasteiger partial charge in [0.2, 0.25) is 0 Å². The summed E-state index contributed by atoms with van der Waals surface area (Å²) in [7, 11) is 1.73. The first kappa shape index (κ1) is 12.9. The molecule has 1 N–H and O–H groups in total. The van der Waals surface area contributed by atoms with Crippen molar-refractivity contribution in [2.45, 2.75) is 32.7 Å². The van der Waals surface area contributed by atoms with Gasteiger partial charge >= 0.3 is 0 Å². The topological polar surface area (TPSA) is 32.7 Å². The smallest absolute Gasteiger partial charge is 0.0477 e. The van der Waals surface area contributed by atoms with E-state index in [-0.39, 0.29) is 6.61 Å². The van der Waals surface area contributed by atoms with E-state index in [2.05, 4.69) is 18.7 Å². The van der Waals surface area contributed by atoms with Crippen molar-refractivity contribution >= 4 is 0 Å². The third-order valence-corrected chi connectivity index (χ3v) is 2.37. The molecule has 0 spiro atoms. The van der Waals surface area contributed by atoms with Gasteiger partial charge in [-0.25, -0.2) is 0 Å². The number of aliphatic hydroxyl groups excluding tert-OH is 1. The van der Waals surface area contributed by atoms with Gasteiger partial charge in [-0.05, 0) is 26.3 Å². The molecule has 3 nitrogen and oxygen atoms in total. The number of ether oxygens (including phenoxy) is 1. The Labute approximate surface area is 81.7 Å². The van der Waals surface area contributed by atoms with Gasteiger partial charge in [0, 0.05) is 32.9 Å². The largest absolute Gasteiger partial charge is 0.396 e. The van der Waals surface area contributed by atoms with Gasteiger partial charge in [-0.3, -0.25) is 0 Å². The molecule has 0 heterocycles. The molecule has 13 heavy (non-hydrogen) atoms. The molecule has 0 rings (SSSR count). The standard InChI is InChI=1S/C10H23NO2/c1-4-11(7-5-8-12)10(2)6-9-13-3/h10,12H,4-9H2,1-3H3. The summed E-state index contributed by atoms with van der Waals surface area (Å²) >= 11 is 0. The second-order valence-corrected chi connectivity index (χ2v) is 3.34. The van der Waals surface area contributed by atoms with Crippen molar-refractivity contribution in [3.8, 4) is 0 Å². The second kappa shape index (κ2) is 8.48. The molecular weight excluding hydrogens is 166 g/mol. The van der Waals surface area contributed by atoms with E-state index in [1.54, 1.807) is 7.11 Å². The molecule has 0 aromatic heterocycles. The average Bonchev–Trinajstić information content (AvgIpc) is 2.16. The summed E-state index contributed by atoms with van der Waals surface area (Å²) in [4.78, 5) is 2.37. The fourth-order valence-corrected chi connectivity index (χ4v) is 1.43. The zero-order chi connectivity index (χ0) is 10.1. The molecule has 0 radical (unpaired) electrons. The maximum atomic E-state index is 8.72. The van der Waals surface area contributed by atoms with Crippen LogP contribution < -0.4 is 0 Å². The normalized spacial score (nSPS) is 13.6. The Morgan fingerprint density at radius 1 is 1.46 bits per heavy atom. The zero-order valence-electron chi connectivity index (χ0n) is 9.12. The molecule has 0 aliphatic rings. The van der Waals surface area contributed by atoms with E-state index in [4.69, 9.17) is 9.84 Å². The van der Waals surface area contributed by atoms with Crippen molar-refractivity contribution < 1.29 is 9.84 Å².